The summed E-state index contributed by atoms with van der Waals surface area (Å²) in [5.74, 6) is 0.630. The van der Waals surface area contributed by atoms with E-state index in [1.165, 1.54) is 0 Å². The van der Waals surface area contributed by atoms with Crippen LogP contribution in [0.3, 0.4) is 0 Å². The average molecular weight is 390 g/mol. The highest BCUT2D eigenvalue weighted by Crippen LogP contribution is 2.25. The van der Waals surface area contributed by atoms with Crippen molar-refractivity contribution in [2.45, 2.75) is 0 Å². The fraction of sp³-hybridized carbons (Fsp3) is 0.0714. The van der Waals surface area contributed by atoms with Crippen molar-refractivity contribution in [2.75, 3.05) is 17.7 Å². The number of hydrogen-bond acceptors (Lipinski definition) is 2. The van der Waals surface area contributed by atoms with Gasteiger partial charge < -0.3 is 15.4 Å². The predicted octanol–water partition coefficient (Wildman–Crippen LogP) is 5.41. The highest BCUT2D eigenvalue weighted by molar-refractivity contribution is 9.10. The largest absolute Gasteiger partial charge is 0.497 e. The Labute approximate surface area is 140 Å². The number of nitrogens with one attached hydrogen (secondary N) is 2. The van der Waals surface area contributed by atoms with Crippen molar-refractivity contribution >= 4 is 56.5 Å². The molecular formula is C14H11BrCl2N2O2. The second kappa shape index (κ2) is 7.02. The number of urea groups is 1. The molecule has 2 rings (SSSR count). The Morgan fingerprint density at radius 1 is 1.00 bits per heavy atom. The summed E-state index contributed by atoms with van der Waals surface area (Å²) in [5.41, 5.74) is 1.10. The summed E-state index contributed by atoms with van der Waals surface area (Å²) in [5, 5.41) is 6.25. The lowest BCUT2D eigenvalue weighted by molar-refractivity contribution is 0.262. The van der Waals surface area contributed by atoms with E-state index >= 15 is 0 Å². The maximum Gasteiger partial charge on any atom is 0.323 e. The minimum atomic E-state index is -0.409. The maximum absolute atomic E-state index is 12.0. The first-order valence-corrected chi connectivity index (χ1v) is 7.40. The van der Waals surface area contributed by atoms with Gasteiger partial charge in [-0.1, -0.05) is 39.1 Å². The van der Waals surface area contributed by atoms with E-state index in [1.807, 2.05) is 0 Å². The van der Waals surface area contributed by atoms with Gasteiger partial charge in [0.15, 0.2) is 0 Å². The molecule has 110 valence electrons. The first-order valence-electron chi connectivity index (χ1n) is 5.85. The molecule has 0 saturated heterocycles. The van der Waals surface area contributed by atoms with Crippen LogP contribution in [0.1, 0.15) is 0 Å². The van der Waals surface area contributed by atoms with Crippen molar-refractivity contribution in [1.82, 2.24) is 0 Å². The molecule has 0 unspecified atom stereocenters. The molecule has 0 saturated carbocycles. The molecule has 0 aliphatic carbocycles. The lowest BCUT2D eigenvalue weighted by atomic mass is 10.3. The van der Waals surface area contributed by atoms with E-state index in [1.54, 1.807) is 43.5 Å². The average Bonchev–Trinajstić information content (AvgIpc) is 2.36. The van der Waals surface area contributed by atoms with Gasteiger partial charge in [-0.15, -0.1) is 0 Å². The lowest BCUT2D eigenvalue weighted by Crippen LogP contribution is -2.19. The monoisotopic (exact) mass is 388 g/mol. The van der Waals surface area contributed by atoms with Crippen LogP contribution in [0.2, 0.25) is 10.0 Å². The van der Waals surface area contributed by atoms with Gasteiger partial charge in [-0.2, -0.15) is 0 Å². The Kier molecular flexibility index (Phi) is 5.33. The van der Waals surface area contributed by atoms with E-state index in [-0.39, 0.29) is 0 Å². The van der Waals surface area contributed by atoms with E-state index in [9.17, 15) is 4.79 Å². The number of ether oxygens (including phenoxy) is 1. The van der Waals surface area contributed by atoms with Gasteiger partial charge in [-0.25, -0.2) is 4.79 Å². The fourth-order valence-corrected chi connectivity index (χ4v) is 2.67. The minimum Gasteiger partial charge on any atom is -0.497 e. The van der Waals surface area contributed by atoms with E-state index < -0.39 is 6.03 Å². The molecular weight excluding hydrogens is 379 g/mol. The molecule has 0 bridgehead atoms. The Morgan fingerprint density at radius 3 is 2.14 bits per heavy atom. The molecule has 0 atom stereocenters. The quantitative estimate of drug-likeness (QED) is 0.737. The number of rotatable bonds is 3. The molecule has 2 N–H and O–H groups in total. The lowest BCUT2D eigenvalue weighted by Gasteiger charge is -2.10. The van der Waals surface area contributed by atoms with Crippen LogP contribution in [0.15, 0.2) is 40.9 Å². The van der Waals surface area contributed by atoms with Gasteiger partial charge in [0.25, 0.3) is 0 Å². The van der Waals surface area contributed by atoms with Crippen LogP contribution < -0.4 is 15.4 Å². The van der Waals surface area contributed by atoms with Gasteiger partial charge in [0.1, 0.15) is 5.75 Å². The molecule has 2 amide bonds. The van der Waals surface area contributed by atoms with Crippen LogP contribution in [0.25, 0.3) is 0 Å². The van der Waals surface area contributed by atoms with Crippen molar-refractivity contribution in [3.63, 3.8) is 0 Å². The van der Waals surface area contributed by atoms with Crippen molar-refractivity contribution in [1.29, 1.82) is 0 Å². The summed E-state index contributed by atoms with van der Waals surface area (Å²) in [4.78, 5) is 12.0. The smallest absolute Gasteiger partial charge is 0.323 e. The van der Waals surface area contributed by atoms with E-state index in [2.05, 4.69) is 26.6 Å². The summed E-state index contributed by atoms with van der Waals surface area (Å²) in [7, 11) is 1.56. The summed E-state index contributed by atoms with van der Waals surface area (Å²) in [6.45, 7) is 0. The number of hydrogen-bond donors (Lipinski definition) is 2. The Hall–Kier alpha value is -1.43. The van der Waals surface area contributed by atoms with Crippen molar-refractivity contribution in [3.8, 4) is 5.75 Å². The molecule has 0 aromatic heterocycles. The zero-order valence-electron chi connectivity index (χ0n) is 10.9. The Bertz CT molecular complexity index is 660. The zero-order valence-corrected chi connectivity index (χ0v) is 14.0. The van der Waals surface area contributed by atoms with Crippen LogP contribution in [0.5, 0.6) is 5.75 Å². The first-order chi connectivity index (χ1) is 9.96. The van der Waals surface area contributed by atoms with Crippen LogP contribution in [-0.4, -0.2) is 13.1 Å². The van der Waals surface area contributed by atoms with Gasteiger partial charge in [0, 0.05) is 32.0 Å². The molecule has 4 nitrogen and oxygen atoms in total. The summed E-state index contributed by atoms with van der Waals surface area (Å²) < 4.78 is 5.92. The number of carbonyl (C=O) groups excluding carboxylic acids is 1. The van der Waals surface area contributed by atoms with Crippen molar-refractivity contribution in [2.24, 2.45) is 0 Å². The number of benzene rings is 2. The third-order valence-corrected chi connectivity index (χ3v) is 3.38. The molecule has 0 aliphatic heterocycles. The molecule has 0 heterocycles. The Balaban J connectivity index is 2.09. The molecule has 0 spiro atoms. The molecule has 0 fully saturated rings. The van der Waals surface area contributed by atoms with Crippen LogP contribution >= 0.6 is 39.1 Å². The molecule has 21 heavy (non-hydrogen) atoms. The van der Waals surface area contributed by atoms with Gasteiger partial charge in [0.05, 0.1) is 7.11 Å². The van der Waals surface area contributed by atoms with Gasteiger partial charge in [-0.05, 0) is 30.3 Å². The summed E-state index contributed by atoms with van der Waals surface area (Å²) >= 11 is 15.1. The second-order valence-corrected chi connectivity index (χ2v) is 5.91. The van der Waals surface area contributed by atoms with Gasteiger partial charge >= 0.3 is 6.03 Å². The third-order valence-electron chi connectivity index (χ3n) is 2.49. The predicted molar refractivity (Wildman–Crippen MR) is 89.8 cm³/mol. The molecule has 2 aromatic rings. The maximum atomic E-state index is 12.0. The number of amides is 2. The van der Waals surface area contributed by atoms with Gasteiger partial charge in [0.2, 0.25) is 0 Å². The zero-order chi connectivity index (χ0) is 15.4. The molecule has 0 aliphatic rings. The fourth-order valence-electron chi connectivity index (χ4n) is 1.67. The van der Waals surface area contributed by atoms with Crippen LogP contribution in [0.4, 0.5) is 16.2 Å². The van der Waals surface area contributed by atoms with E-state index in [0.29, 0.717) is 27.2 Å². The highest BCUT2D eigenvalue weighted by Gasteiger charge is 2.06. The normalized spacial score (nSPS) is 10.1. The molecule has 2 aromatic carbocycles. The summed E-state index contributed by atoms with van der Waals surface area (Å²) in [6.07, 6.45) is 0. The number of methoxy groups -OCH3 is 1. The second-order valence-electron chi connectivity index (χ2n) is 4.12. The first kappa shape index (κ1) is 15.9. The number of anilines is 2. The molecule has 0 radical (unpaired) electrons. The van der Waals surface area contributed by atoms with Crippen LogP contribution in [0, 0.1) is 0 Å². The minimum absolute atomic E-state index is 0.409. The van der Waals surface area contributed by atoms with Crippen molar-refractivity contribution < 1.29 is 9.53 Å². The standard InChI is InChI=1S/C14H11BrCl2N2O2/c1-21-13-3-8(15)2-11(7-13)18-14(20)19-12-5-9(16)4-10(17)6-12/h2-7H,1H3,(H2,18,19,20). The van der Waals surface area contributed by atoms with Crippen molar-refractivity contribution in [3.05, 3.63) is 50.9 Å². The van der Waals surface area contributed by atoms with Crippen LogP contribution in [-0.2, 0) is 0 Å². The number of carbonyl (C=O) groups is 1. The highest BCUT2D eigenvalue weighted by atomic mass is 79.9. The molecule has 7 heteroatoms. The third kappa shape index (κ3) is 4.81. The summed E-state index contributed by atoms with van der Waals surface area (Å²) in [6, 6.07) is 9.64. The van der Waals surface area contributed by atoms with Gasteiger partial charge in [-0.3, -0.25) is 0 Å². The topological polar surface area (TPSA) is 50.4 Å². The number of halogens is 3. The SMILES string of the molecule is COc1cc(Br)cc(NC(=O)Nc2cc(Cl)cc(Cl)c2)c1. The Morgan fingerprint density at radius 2 is 1.57 bits per heavy atom. The van der Waals surface area contributed by atoms with E-state index in [0.717, 1.165) is 4.47 Å². The van der Waals surface area contributed by atoms with E-state index in [4.69, 9.17) is 27.9 Å².